The fraction of sp³-hybridized carbons (Fsp3) is 0.500. The molecule has 1 aromatic carbocycles. The lowest BCUT2D eigenvalue weighted by Crippen LogP contribution is -2.29. The van der Waals surface area contributed by atoms with E-state index in [9.17, 15) is 9.35 Å². The molecule has 1 rings (SSSR count). The zero-order valence-corrected chi connectivity index (χ0v) is 12.6. The van der Waals surface area contributed by atoms with E-state index in [1.807, 2.05) is 12.1 Å². The number of rotatable bonds is 5. The Labute approximate surface area is 117 Å². The van der Waals surface area contributed by atoms with E-state index in [2.05, 4.69) is 0 Å². The minimum atomic E-state index is -1.26. The van der Waals surface area contributed by atoms with Crippen LogP contribution in [0.1, 0.15) is 26.3 Å². The summed E-state index contributed by atoms with van der Waals surface area (Å²) in [5, 5.41) is 0. The number of hydrogen-bond acceptors (Lipinski definition) is 4. The van der Waals surface area contributed by atoms with Crippen LogP contribution in [-0.2, 0) is 26.5 Å². The Hall–Kier alpha value is -1.20. The van der Waals surface area contributed by atoms with E-state index in [4.69, 9.17) is 9.47 Å². The van der Waals surface area contributed by atoms with Crippen LogP contribution in [0.15, 0.2) is 24.3 Å². The lowest BCUT2D eigenvalue weighted by molar-refractivity contribution is -0.151. The molecule has 1 unspecified atom stereocenters. The highest BCUT2D eigenvalue weighted by molar-refractivity contribution is 7.91. The molecule has 0 aliphatic heterocycles. The predicted molar refractivity (Wildman–Crippen MR) is 75.6 cm³/mol. The topological polar surface area (TPSA) is 58.6 Å². The molecule has 0 fully saturated rings. The van der Waals surface area contributed by atoms with Crippen molar-refractivity contribution in [3.63, 3.8) is 0 Å². The Morgan fingerprint density at radius 2 is 1.84 bits per heavy atom. The third-order valence-corrected chi connectivity index (χ3v) is 3.40. The molecule has 0 heterocycles. The summed E-state index contributed by atoms with van der Waals surface area (Å²) in [5.74, 6) is 0.577. The maximum absolute atomic E-state index is 11.8. The second kappa shape index (κ2) is 6.82. The van der Waals surface area contributed by atoms with Crippen LogP contribution < -0.4 is 4.74 Å². The summed E-state index contributed by atoms with van der Waals surface area (Å²) in [4.78, 5) is 11.5. The van der Waals surface area contributed by atoms with Crippen molar-refractivity contribution in [2.45, 2.75) is 32.1 Å². The Morgan fingerprint density at radius 1 is 1.26 bits per heavy atom. The van der Waals surface area contributed by atoms with Gasteiger partial charge in [-0.2, -0.15) is 0 Å². The Bertz CT molecular complexity index is 408. The number of methoxy groups -OCH3 is 1. The van der Waals surface area contributed by atoms with E-state index in [1.54, 1.807) is 40.0 Å². The molecule has 0 spiro atoms. The number of hydrogen-bond donors (Lipinski definition) is 0. The molecule has 0 bridgehead atoms. The fourth-order valence-corrected chi connectivity index (χ4v) is 2.45. The SMILES string of the molecule is COc1ccc(C[S+]([O-])CC(=O)OC(C)(C)C)cc1. The largest absolute Gasteiger partial charge is 0.616 e. The van der Waals surface area contributed by atoms with Gasteiger partial charge in [0, 0.05) is 5.56 Å². The minimum absolute atomic E-state index is 0.0801. The highest BCUT2D eigenvalue weighted by atomic mass is 32.2. The Morgan fingerprint density at radius 3 is 2.32 bits per heavy atom. The molecule has 0 aliphatic carbocycles. The molecular weight excluding hydrogens is 264 g/mol. The molecular formula is C14H20O4S. The van der Waals surface area contributed by atoms with Gasteiger partial charge in [0.1, 0.15) is 17.1 Å². The van der Waals surface area contributed by atoms with Crippen molar-refractivity contribution in [3.05, 3.63) is 29.8 Å². The molecule has 0 radical (unpaired) electrons. The van der Waals surface area contributed by atoms with Crippen LogP contribution in [0.25, 0.3) is 0 Å². The summed E-state index contributed by atoms with van der Waals surface area (Å²) in [6.07, 6.45) is 0. The summed E-state index contributed by atoms with van der Waals surface area (Å²) in [7, 11) is 1.59. The van der Waals surface area contributed by atoms with Crippen LogP contribution in [0.3, 0.4) is 0 Å². The molecule has 0 aromatic heterocycles. The van der Waals surface area contributed by atoms with Crippen molar-refractivity contribution in [2.24, 2.45) is 0 Å². The van der Waals surface area contributed by atoms with Gasteiger partial charge in [0.15, 0.2) is 0 Å². The van der Waals surface area contributed by atoms with Crippen molar-refractivity contribution >= 4 is 17.1 Å². The van der Waals surface area contributed by atoms with E-state index in [0.29, 0.717) is 5.75 Å². The van der Waals surface area contributed by atoms with Crippen LogP contribution in [0.4, 0.5) is 0 Å². The molecule has 0 saturated carbocycles. The van der Waals surface area contributed by atoms with Crippen LogP contribution in [0.2, 0.25) is 0 Å². The van der Waals surface area contributed by atoms with E-state index in [1.165, 1.54) is 0 Å². The normalized spacial score (nSPS) is 12.9. The van der Waals surface area contributed by atoms with Crippen molar-refractivity contribution in [2.75, 3.05) is 12.9 Å². The maximum Gasteiger partial charge on any atom is 0.356 e. The summed E-state index contributed by atoms with van der Waals surface area (Å²) in [5.41, 5.74) is 0.365. The molecule has 0 amide bonds. The van der Waals surface area contributed by atoms with Gasteiger partial charge in [-0.05, 0) is 44.1 Å². The number of carbonyl (C=O) groups excluding carboxylic acids is 1. The highest BCUT2D eigenvalue weighted by Gasteiger charge is 2.21. The van der Waals surface area contributed by atoms with Gasteiger partial charge in [-0.1, -0.05) is 12.1 Å². The first-order valence-corrected chi connectivity index (χ1v) is 7.49. The second-order valence-electron chi connectivity index (χ2n) is 5.16. The van der Waals surface area contributed by atoms with Gasteiger partial charge in [-0.25, -0.2) is 4.79 Å². The minimum Gasteiger partial charge on any atom is -0.616 e. The fourth-order valence-electron chi connectivity index (χ4n) is 1.46. The molecule has 0 saturated heterocycles. The Kier molecular flexibility index (Phi) is 5.69. The molecule has 1 aromatic rings. The molecule has 5 heteroatoms. The standard InChI is InChI=1S/C14H20O4S/c1-14(2,3)18-13(15)10-19(16)9-11-5-7-12(17-4)8-6-11/h5-8H,9-10H2,1-4H3. The van der Waals surface area contributed by atoms with Crippen LogP contribution in [-0.4, -0.2) is 29.0 Å². The van der Waals surface area contributed by atoms with Crippen LogP contribution in [0.5, 0.6) is 5.75 Å². The molecule has 1 atom stereocenters. The summed E-state index contributed by atoms with van der Waals surface area (Å²) >= 11 is -1.26. The highest BCUT2D eigenvalue weighted by Crippen LogP contribution is 2.14. The molecule has 4 nitrogen and oxygen atoms in total. The zero-order chi connectivity index (χ0) is 14.5. The van der Waals surface area contributed by atoms with Gasteiger partial charge in [0.2, 0.25) is 5.75 Å². The molecule has 106 valence electrons. The summed E-state index contributed by atoms with van der Waals surface area (Å²) in [6.45, 7) is 5.37. The molecule has 19 heavy (non-hydrogen) atoms. The molecule has 0 N–H and O–H groups in total. The smallest absolute Gasteiger partial charge is 0.356 e. The number of esters is 1. The van der Waals surface area contributed by atoms with Crippen molar-refractivity contribution < 1.29 is 18.8 Å². The summed E-state index contributed by atoms with van der Waals surface area (Å²) < 4.78 is 22.0. The first-order valence-electron chi connectivity index (χ1n) is 6.00. The summed E-state index contributed by atoms with van der Waals surface area (Å²) in [6, 6.07) is 7.29. The van der Waals surface area contributed by atoms with E-state index in [0.717, 1.165) is 11.3 Å². The number of ether oxygens (including phenoxy) is 2. The first-order chi connectivity index (χ1) is 8.80. The Balaban J connectivity index is 2.46. The quantitative estimate of drug-likeness (QED) is 0.615. The van der Waals surface area contributed by atoms with Gasteiger partial charge in [0.05, 0.1) is 7.11 Å². The van der Waals surface area contributed by atoms with E-state index >= 15 is 0 Å². The van der Waals surface area contributed by atoms with Crippen molar-refractivity contribution in [3.8, 4) is 5.75 Å². The lowest BCUT2D eigenvalue weighted by Gasteiger charge is -2.20. The first kappa shape index (κ1) is 15.9. The van der Waals surface area contributed by atoms with Gasteiger partial charge in [-0.3, -0.25) is 0 Å². The monoisotopic (exact) mass is 284 g/mol. The van der Waals surface area contributed by atoms with Gasteiger partial charge in [0.25, 0.3) is 0 Å². The van der Waals surface area contributed by atoms with E-state index in [-0.39, 0.29) is 5.75 Å². The second-order valence-corrected chi connectivity index (χ2v) is 6.62. The van der Waals surface area contributed by atoms with Gasteiger partial charge < -0.3 is 14.0 Å². The zero-order valence-electron chi connectivity index (χ0n) is 11.8. The van der Waals surface area contributed by atoms with Crippen LogP contribution >= 0.6 is 0 Å². The lowest BCUT2D eigenvalue weighted by atomic mass is 10.2. The van der Waals surface area contributed by atoms with Gasteiger partial charge in [-0.15, -0.1) is 0 Å². The average molecular weight is 284 g/mol. The van der Waals surface area contributed by atoms with Crippen LogP contribution in [0, 0.1) is 0 Å². The maximum atomic E-state index is 11.8. The third kappa shape index (κ3) is 6.50. The van der Waals surface area contributed by atoms with Crippen molar-refractivity contribution in [1.29, 1.82) is 0 Å². The van der Waals surface area contributed by atoms with Crippen molar-refractivity contribution in [1.82, 2.24) is 0 Å². The average Bonchev–Trinajstić information content (AvgIpc) is 2.27. The van der Waals surface area contributed by atoms with E-state index < -0.39 is 22.7 Å². The van der Waals surface area contributed by atoms with Gasteiger partial charge >= 0.3 is 5.97 Å². The third-order valence-electron chi connectivity index (χ3n) is 2.19. The predicted octanol–water partition coefficient (Wildman–Crippen LogP) is 2.29. The number of carbonyl (C=O) groups is 1. The molecule has 0 aliphatic rings. The number of benzene rings is 1.